The second-order valence-electron chi connectivity index (χ2n) is 5.77. The van der Waals surface area contributed by atoms with E-state index in [4.69, 9.17) is 4.52 Å². The Labute approximate surface area is 124 Å². The molecule has 3 rings (SSSR count). The van der Waals surface area contributed by atoms with Crippen LogP contribution in [0.1, 0.15) is 18.5 Å². The van der Waals surface area contributed by atoms with Gasteiger partial charge in [0.25, 0.3) is 0 Å². The third-order valence-electron chi connectivity index (χ3n) is 4.19. The van der Waals surface area contributed by atoms with E-state index >= 15 is 0 Å². The van der Waals surface area contributed by atoms with Crippen molar-refractivity contribution in [2.45, 2.75) is 19.3 Å². The molecule has 0 spiro atoms. The van der Waals surface area contributed by atoms with Crippen LogP contribution in [0, 0.1) is 5.92 Å². The minimum Gasteiger partial charge on any atom is -0.356 e. The van der Waals surface area contributed by atoms with Crippen LogP contribution in [0.5, 0.6) is 0 Å². The van der Waals surface area contributed by atoms with E-state index in [0.29, 0.717) is 12.3 Å². The fraction of sp³-hybridized carbons (Fsp3) is 0.500. The monoisotopic (exact) mass is 287 g/mol. The van der Waals surface area contributed by atoms with Crippen LogP contribution in [0.15, 0.2) is 28.8 Å². The normalized spacial score (nSPS) is 16.2. The lowest BCUT2D eigenvalue weighted by Crippen LogP contribution is -2.37. The number of nitrogens with one attached hydrogen (secondary N) is 1. The molecule has 21 heavy (non-hydrogen) atoms. The highest BCUT2D eigenvalue weighted by Crippen LogP contribution is 2.19. The first-order valence-corrected chi connectivity index (χ1v) is 7.52. The molecule has 1 N–H and O–H groups in total. The Hall–Kier alpha value is -1.88. The van der Waals surface area contributed by atoms with Crippen LogP contribution in [0.25, 0.3) is 11.0 Å². The molecule has 0 saturated carbocycles. The van der Waals surface area contributed by atoms with Gasteiger partial charge in [-0.1, -0.05) is 17.3 Å². The lowest BCUT2D eigenvalue weighted by atomic mass is 9.97. The second-order valence-corrected chi connectivity index (χ2v) is 5.77. The van der Waals surface area contributed by atoms with Crippen molar-refractivity contribution in [3.05, 3.63) is 30.0 Å². The third kappa shape index (κ3) is 3.24. The maximum atomic E-state index is 12.4. The van der Waals surface area contributed by atoms with Crippen LogP contribution in [-0.2, 0) is 11.2 Å². The molecule has 1 aliphatic heterocycles. The van der Waals surface area contributed by atoms with E-state index in [0.717, 1.165) is 49.1 Å². The predicted molar refractivity (Wildman–Crippen MR) is 80.9 cm³/mol. The van der Waals surface area contributed by atoms with Gasteiger partial charge in [-0.05, 0) is 44.0 Å². The summed E-state index contributed by atoms with van der Waals surface area (Å²) in [6.07, 6.45) is 2.59. The number of para-hydroxylation sites is 1. The van der Waals surface area contributed by atoms with Crippen molar-refractivity contribution in [2.24, 2.45) is 5.92 Å². The highest BCUT2D eigenvalue weighted by Gasteiger charge is 2.20. The topological polar surface area (TPSA) is 58.4 Å². The summed E-state index contributed by atoms with van der Waals surface area (Å²) in [4.78, 5) is 14.2. The summed E-state index contributed by atoms with van der Waals surface area (Å²) in [5.74, 6) is 0.710. The maximum absolute atomic E-state index is 12.4. The molecule has 1 aliphatic rings. The molecule has 1 aromatic heterocycles. The van der Waals surface area contributed by atoms with Gasteiger partial charge in [0, 0.05) is 19.0 Å². The molecule has 5 heteroatoms. The number of fused-ring (bicyclic) bond motifs is 1. The van der Waals surface area contributed by atoms with Crippen LogP contribution in [0.2, 0.25) is 0 Å². The quantitative estimate of drug-likeness (QED) is 0.932. The number of carbonyl (C=O) groups excluding carboxylic acids is 1. The molecule has 0 radical (unpaired) electrons. The first-order chi connectivity index (χ1) is 10.2. The predicted octanol–water partition coefficient (Wildman–Crippen LogP) is 1.83. The van der Waals surface area contributed by atoms with Crippen LogP contribution in [0.4, 0.5) is 0 Å². The van der Waals surface area contributed by atoms with Crippen molar-refractivity contribution < 1.29 is 9.32 Å². The Morgan fingerprint density at radius 1 is 1.38 bits per heavy atom. The average molecular weight is 287 g/mol. The summed E-state index contributed by atoms with van der Waals surface area (Å²) in [6.45, 7) is 2.94. The summed E-state index contributed by atoms with van der Waals surface area (Å²) >= 11 is 0. The van der Waals surface area contributed by atoms with E-state index in [1.54, 1.807) is 0 Å². The van der Waals surface area contributed by atoms with Gasteiger partial charge in [-0.2, -0.15) is 0 Å². The van der Waals surface area contributed by atoms with E-state index in [1.807, 2.05) is 36.2 Å². The zero-order chi connectivity index (χ0) is 14.7. The first kappa shape index (κ1) is 14.1. The Balaban J connectivity index is 1.62. The summed E-state index contributed by atoms with van der Waals surface area (Å²) in [5.41, 5.74) is 1.47. The Morgan fingerprint density at radius 3 is 2.95 bits per heavy atom. The minimum atomic E-state index is 0.104. The van der Waals surface area contributed by atoms with E-state index in [9.17, 15) is 4.79 Å². The number of benzene rings is 1. The SMILES string of the molecule is CN(CC1CCNCC1)C(=O)Cc1noc2ccccc12. The summed E-state index contributed by atoms with van der Waals surface area (Å²) in [6, 6.07) is 7.66. The van der Waals surface area contributed by atoms with E-state index in [2.05, 4.69) is 10.5 Å². The van der Waals surface area contributed by atoms with Gasteiger partial charge in [-0.25, -0.2) is 0 Å². The average Bonchev–Trinajstić information content (AvgIpc) is 2.91. The number of piperidine rings is 1. The van der Waals surface area contributed by atoms with Crippen molar-refractivity contribution >= 4 is 16.9 Å². The number of hydrogen-bond donors (Lipinski definition) is 1. The molecule has 112 valence electrons. The van der Waals surface area contributed by atoms with Crippen molar-refractivity contribution in [3.8, 4) is 0 Å². The molecule has 1 fully saturated rings. The van der Waals surface area contributed by atoms with Gasteiger partial charge < -0.3 is 14.7 Å². The molecule has 0 aliphatic carbocycles. The van der Waals surface area contributed by atoms with E-state index < -0.39 is 0 Å². The number of hydrogen-bond acceptors (Lipinski definition) is 4. The minimum absolute atomic E-state index is 0.104. The molecule has 2 aromatic rings. The van der Waals surface area contributed by atoms with Gasteiger partial charge in [0.2, 0.25) is 5.91 Å². The Morgan fingerprint density at radius 2 is 2.14 bits per heavy atom. The molecule has 1 amide bonds. The molecule has 1 aromatic carbocycles. The largest absolute Gasteiger partial charge is 0.356 e. The van der Waals surface area contributed by atoms with Gasteiger partial charge in [0.15, 0.2) is 5.58 Å². The molecule has 0 unspecified atom stereocenters. The summed E-state index contributed by atoms with van der Waals surface area (Å²) in [7, 11) is 1.88. The highest BCUT2D eigenvalue weighted by molar-refractivity contribution is 5.86. The van der Waals surface area contributed by atoms with Crippen LogP contribution < -0.4 is 5.32 Å². The molecular formula is C16H21N3O2. The zero-order valence-corrected chi connectivity index (χ0v) is 12.3. The number of carbonyl (C=O) groups is 1. The zero-order valence-electron chi connectivity index (χ0n) is 12.3. The van der Waals surface area contributed by atoms with Crippen LogP contribution in [-0.4, -0.2) is 42.6 Å². The Bertz CT molecular complexity index is 617. The van der Waals surface area contributed by atoms with Gasteiger partial charge in [-0.3, -0.25) is 4.79 Å². The third-order valence-corrected chi connectivity index (χ3v) is 4.19. The number of aromatic nitrogens is 1. The van der Waals surface area contributed by atoms with Crippen molar-refractivity contribution in [1.82, 2.24) is 15.4 Å². The number of likely N-dealkylation sites (N-methyl/N-ethyl adjacent to an activating group) is 1. The van der Waals surface area contributed by atoms with E-state index in [-0.39, 0.29) is 5.91 Å². The van der Waals surface area contributed by atoms with Crippen molar-refractivity contribution in [1.29, 1.82) is 0 Å². The molecule has 2 heterocycles. The molecular weight excluding hydrogens is 266 g/mol. The van der Waals surface area contributed by atoms with Crippen LogP contribution in [0.3, 0.4) is 0 Å². The maximum Gasteiger partial charge on any atom is 0.228 e. The Kier molecular flexibility index (Phi) is 4.20. The van der Waals surface area contributed by atoms with Gasteiger partial charge in [0.05, 0.1) is 6.42 Å². The van der Waals surface area contributed by atoms with Crippen molar-refractivity contribution in [3.63, 3.8) is 0 Å². The molecule has 5 nitrogen and oxygen atoms in total. The van der Waals surface area contributed by atoms with Gasteiger partial charge >= 0.3 is 0 Å². The fourth-order valence-electron chi connectivity index (χ4n) is 2.90. The van der Waals surface area contributed by atoms with Gasteiger partial charge in [-0.15, -0.1) is 0 Å². The number of nitrogens with zero attached hydrogens (tertiary/aromatic N) is 2. The van der Waals surface area contributed by atoms with Crippen LogP contribution >= 0.6 is 0 Å². The number of amides is 1. The van der Waals surface area contributed by atoms with Crippen molar-refractivity contribution in [2.75, 3.05) is 26.7 Å². The molecule has 0 atom stereocenters. The standard InChI is InChI=1S/C16H21N3O2/c1-19(11-12-6-8-17-9-7-12)16(20)10-14-13-4-2-3-5-15(13)21-18-14/h2-5,12,17H,6-11H2,1H3. The van der Waals surface area contributed by atoms with E-state index in [1.165, 1.54) is 0 Å². The second kappa shape index (κ2) is 6.26. The smallest absolute Gasteiger partial charge is 0.228 e. The molecule has 1 saturated heterocycles. The fourth-order valence-corrected chi connectivity index (χ4v) is 2.90. The van der Waals surface area contributed by atoms with Gasteiger partial charge in [0.1, 0.15) is 5.69 Å². The number of rotatable bonds is 4. The highest BCUT2D eigenvalue weighted by atomic mass is 16.5. The summed E-state index contributed by atoms with van der Waals surface area (Å²) < 4.78 is 5.25. The first-order valence-electron chi connectivity index (χ1n) is 7.52. The summed E-state index contributed by atoms with van der Waals surface area (Å²) in [5, 5.41) is 8.31. The lowest BCUT2D eigenvalue weighted by molar-refractivity contribution is -0.129. The lowest BCUT2D eigenvalue weighted by Gasteiger charge is -2.27. The molecule has 0 bridgehead atoms.